The molecule has 8 N–H and O–H groups in total. The van der Waals surface area contributed by atoms with Crippen molar-refractivity contribution >= 4 is 29.6 Å². The lowest BCUT2D eigenvalue weighted by molar-refractivity contribution is -0.142. The van der Waals surface area contributed by atoms with Crippen LogP contribution in [-0.4, -0.2) is 58.9 Å². The maximum absolute atomic E-state index is 13.3. The normalized spacial score (nSPS) is 13.9. The van der Waals surface area contributed by atoms with Crippen molar-refractivity contribution in [1.82, 2.24) is 16.0 Å². The summed E-state index contributed by atoms with van der Waals surface area (Å²) < 4.78 is 0. The Morgan fingerprint density at radius 1 is 0.718 bits per heavy atom. The van der Waals surface area contributed by atoms with Gasteiger partial charge in [0.1, 0.15) is 18.1 Å². The maximum atomic E-state index is 13.3. The minimum absolute atomic E-state index is 0.0280. The lowest BCUT2D eigenvalue weighted by Crippen LogP contribution is -2.58. The van der Waals surface area contributed by atoms with Crippen LogP contribution in [0.2, 0.25) is 0 Å². The molecular weight excluding hydrogens is 502 g/mol. The zero-order valence-corrected chi connectivity index (χ0v) is 22.1. The van der Waals surface area contributed by atoms with Gasteiger partial charge in [0.05, 0.1) is 12.5 Å². The van der Waals surface area contributed by atoms with Crippen LogP contribution in [0.3, 0.4) is 0 Å². The van der Waals surface area contributed by atoms with Crippen LogP contribution in [-0.2, 0) is 36.8 Å². The highest BCUT2D eigenvalue weighted by Gasteiger charge is 2.31. The molecule has 0 heterocycles. The Kier molecular flexibility index (Phi) is 12.1. The second-order valence-electron chi connectivity index (χ2n) is 9.81. The molecule has 0 radical (unpaired) electrons. The average molecular weight is 540 g/mol. The lowest BCUT2D eigenvalue weighted by atomic mass is 10.0. The number of aliphatic carboxylic acids is 1. The predicted molar refractivity (Wildman–Crippen MR) is 145 cm³/mol. The second kappa shape index (κ2) is 15.2. The van der Waals surface area contributed by atoms with Crippen LogP contribution in [0, 0.1) is 5.92 Å². The van der Waals surface area contributed by atoms with Crippen molar-refractivity contribution in [2.24, 2.45) is 17.4 Å². The first kappa shape index (κ1) is 31.0. The molecule has 39 heavy (non-hydrogen) atoms. The number of carbonyl (C=O) groups is 5. The first-order chi connectivity index (χ1) is 18.5. The van der Waals surface area contributed by atoms with E-state index >= 15 is 0 Å². The standard InChI is InChI=1S/C28H37N5O6/c1-17(2)13-20(29)25(35)31-22(16-24(30)34)27(37)32-21(14-18-9-5-3-6-10-18)26(36)33-23(28(38)39)15-19-11-7-4-8-12-19/h3-12,17,20-23H,13-16,29H2,1-2H3,(H2,30,34)(H,31,35)(H,32,37)(H,33,36)(H,38,39). The van der Waals surface area contributed by atoms with Crippen molar-refractivity contribution in [3.63, 3.8) is 0 Å². The smallest absolute Gasteiger partial charge is 0.326 e. The number of nitrogens with one attached hydrogen (secondary N) is 3. The molecule has 0 saturated carbocycles. The Bertz CT molecular complexity index is 1130. The SMILES string of the molecule is CC(C)CC(N)C(=O)NC(CC(N)=O)C(=O)NC(Cc1ccccc1)C(=O)NC(Cc1ccccc1)C(=O)O. The topological polar surface area (TPSA) is 194 Å². The fourth-order valence-electron chi connectivity index (χ4n) is 3.96. The van der Waals surface area contributed by atoms with Crippen LogP contribution in [0.1, 0.15) is 37.8 Å². The van der Waals surface area contributed by atoms with Gasteiger partial charge < -0.3 is 32.5 Å². The summed E-state index contributed by atoms with van der Waals surface area (Å²) in [6, 6.07) is 12.8. The quantitative estimate of drug-likeness (QED) is 0.187. The van der Waals surface area contributed by atoms with Crippen molar-refractivity contribution in [3.05, 3.63) is 71.8 Å². The van der Waals surface area contributed by atoms with E-state index in [0.717, 1.165) is 0 Å². The van der Waals surface area contributed by atoms with E-state index in [-0.39, 0.29) is 18.8 Å². The van der Waals surface area contributed by atoms with E-state index in [2.05, 4.69) is 16.0 Å². The molecular formula is C28H37N5O6. The minimum Gasteiger partial charge on any atom is -0.480 e. The summed E-state index contributed by atoms with van der Waals surface area (Å²) in [4.78, 5) is 62.7. The number of carboxylic acids is 1. The Labute approximate surface area is 227 Å². The molecule has 11 nitrogen and oxygen atoms in total. The molecule has 4 unspecified atom stereocenters. The molecule has 0 bridgehead atoms. The molecule has 4 atom stereocenters. The number of benzene rings is 2. The number of rotatable bonds is 15. The highest BCUT2D eigenvalue weighted by Crippen LogP contribution is 2.08. The van der Waals surface area contributed by atoms with Crippen molar-refractivity contribution in [3.8, 4) is 0 Å². The minimum atomic E-state index is -1.38. The first-order valence-corrected chi connectivity index (χ1v) is 12.7. The van der Waals surface area contributed by atoms with Gasteiger partial charge in [0.25, 0.3) is 0 Å². The van der Waals surface area contributed by atoms with Crippen LogP contribution >= 0.6 is 0 Å². The summed E-state index contributed by atoms with van der Waals surface area (Å²) in [6.07, 6.45) is -0.104. The second-order valence-corrected chi connectivity index (χ2v) is 9.81. The maximum Gasteiger partial charge on any atom is 0.326 e. The number of carbonyl (C=O) groups excluding carboxylic acids is 4. The van der Waals surface area contributed by atoms with E-state index in [9.17, 15) is 29.1 Å². The molecule has 2 aromatic rings. The van der Waals surface area contributed by atoms with Crippen LogP contribution in [0.5, 0.6) is 0 Å². The number of amides is 4. The van der Waals surface area contributed by atoms with E-state index in [1.807, 2.05) is 13.8 Å². The van der Waals surface area contributed by atoms with Crippen molar-refractivity contribution in [2.75, 3.05) is 0 Å². The summed E-state index contributed by atoms with van der Waals surface area (Å²) in [5.41, 5.74) is 12.6. The van der Waals surface area contributed by atoms with Gasteiger partial charge in [0, 0.05) is 12.8 Å². The van der Waals surface area contributed by atoms with E-state index in [1.54, 1.807) is 60.7 Å². The van der Waals surface area contributed by atoms with Crippen LogP contribution in [0.4, 0.5) is 0 Å². The van der Waals surface area contributed by atoms with Crippen molar-refractivity contribution in [1.29, 1.82) is 0 Å². The predicted octanol–water partition coefficient (Wildman–Crippen LogP) is 0.260. The summed E-state index contributed by atoms with van der Waals surface area (Å²) in [7, 11) is 0. The number of hydrogen-bond acceptors (Lipinski definition) is 6. The van der Waals surface area contributed by atoms with E-state index in [0.29, 0.717) is 17.5 Å². The van der Waals surface area contributed by atoms with Crippen LogP contribution < -0.4 is 27.4 Å². The summed E-state index contributed by atoms with van der Waals surface area (Å²) in [5.74, 6) is -4.17. The Balaban J connectivity index is 2.24. The zero-order valence-electron chi connectivity index (χ0n) is 22.1. The fourth-order valence-corrected chi connectivity index (χ4v) is 3.96. The molecule has 0 aliphatic heterocycles. The van der Waals surface area contributed by atoms with Crippen molar-refractivity contribution < 1.29 is 29.1 Å². The number of hydrogen-bond donors (Lipinski definition) is 6. The fraction of sp³-hybridized carbons (Fsp3) is 0.393. The molecule has 210 valence electrons. The van der Waals surface area contributed by atoms with E-state index in [1.165, 1.54) is 0 Å². The van der Waals surface area contributed by atoms with Gasteiger partial charge in [-0.2, -0.15) is 0 Å². The third-order valence-corrected chi connectivity index (χ3v) is 5.91. The monoisotopic (exact) mass is 539 g/mol. The molecule has 2 rings (SSSR count). The largest absolute Gasteiger partial charge is 0.480 e. The van der Waals surface area contributed by atoms with Gasteiger partial charge in [-0.05, 0) is 23.5 Å². The molecule has 0 saturated heterocycles. The van der Waals surface area contributed by atoms with Crippen molar-refractivity contribution in [2.45, 2.75) is 63.7 Å². The summed E-state index contributed by atoms with van der Waals surface area (Å²) in [5, 5.41) is 17.2. The van der Waals surface area contributed by atoms with Gasteiger partial charge in [-0.1, -0.05) is 74.5 Å². The molecule has 0 fully saturated rings. The molecule has 0 aliphatic carbocycles. The molecule has 4 amide bonds. The average Bonchev–Trinajstić information content (AvgIpc) is 2.87. The third-order valence-electron chi connectivity index (χ3n) is 5.91. The van der Waals surface area contributed by atoms with Gasteiger partial charge >= 0.3 is 5.97 Å². The molecule has 0 aromatic heterocycles. The van der Waals surface area contributed by atoms with E-state index in [4.69, 9.17) is 11.5 Å². The summed E-state index contributed by atoms with van der Waals surface area (Å²) in [6.45, 7) is 3.77. The van der Waals surface area contributed by atoms with Gasteiger partial charge in [0.2, 0.25) is 23.6 Å². The number of carboxylic acid groups (broad SMARTS) is 1. The molecule has 0 spiro atoms. The Morgan fingerprint density at radius 2 is 1.15 bits per heavy atom. The Hall–Kier alpha value is -4.25. The van der Waals surface area contributed by atoms with Crippen LogP contribution in [0.15, 0.2) is 60.7 Å². The zero-order chi connectivity index (χ0) is 28.9. The molecule has 11 heteroatoms. The molecule has 2 aromatic carbocycles. The summed E-state index contributed by atoms with van der Waals surface area (Å²) >= 11 is 0. The van der Waals surface area contributed by atoms with E-state index < -0.39 is 60.2 Å². The highest BCUT2D eigenvalue weighted by atomic mass is 16.4. The molecule has 0 aliphatic rings. The first-order valence-electron chi connectivity index (χ1n) is 12.7. The number of primary amides is 1. The highest BCUT2D eigenvalue weighted by molar-refractivity contribution is 5.96. The van der Waals surface area contributed by atoms with Gasteiger partial charge in [-0.3, -0.25) is 19.2 Å². The Morgan fingerprint density at radius 3 is 1.62 bits per heavy atom. The lowest BCUT2D eigenvalue weighted by Gasteiger charge is -2.25. The van der Waals surface area contributed by atoms with Gasteiger partial charge in [-0.25, -0.2) is 4.79 Å². The van der Waals surface area contributed by atoms with Gasteiger partial charge in [-0.15, -0.1) is 0 Å². The number of nitrogens with two attached hydrogens (primary N) is 2. The third kappa shape index (κ3) is 10.9. The van der Waals surface area contributed by atoms with Crippen LogP contribution in [0.25, 0.3) is 0 Å². The van der Waals surface area contributed by atoms with Gasteiger partial charge in [0.15, 0.2) is 0 Å².